The van der Waals surface area contributed by atoms with Crippen LogP contribution >= 0.6 is 0 Å². The van der Waals surface area contributed by atoms with Crippen molar-refractivity contribution in [2.45, 2.75) is 38.4 Å². The van der Waals surface area contributed by atoms with Gasteiger partial charge in [0.15, 0.2) is 0 Å². The summed E-state index contributed by atoms with van der Waals surface area (Å²) in [6.07, 6.45) is 1.57. The van der Waals surface area contributed by atoms with Gasteiger partial charge in [-0.05, 0) is 36.6 Å². The van der Waals surface area contributed by atoms with Crippen LogP contribution in [0.25, 0.3) is 0 Å². The zero-order valence-electron chi connectivity index (χ0n) is 18.4. The molecule has 0 unspecified atom stereocenters. The van der Waals surface area contributed by atoms with Crippen LogP contribution < -0.4 is 0 Å². The maximum absolute atomic E-state index is 12.9. The van der Waals surface area contributed by atoms with Crippen molar-refractivity contribution in [3.8, 4) is 0 Å². The maximum Gasteiger partial charge on any atom is 0.310 e. The largest absolute Gasteiger partial charge is 0.481 e. The monoisotopic (exact) mass is 435 g/mol. The normalized spacial score (nSPS) is 14.0. The molecule has 0 saturated carbocycles. The molecule has 0 radical (unpaired) electrons. The van der Waals surface area contributed by atoms with E-state index in [1.54, 1.807) is 12.3 Å². The number of carboxylic acids is 1. The van der Waals surface area contributed by atoms with Gasteiger partial charge in [-0.15, -0.1) is 0 Å². The molecule has 3 aromatic rings. The van der Waals surface area contributed by atoms with Crippen molar-refractivity contribution in [3.05, 3.63) is 95.9 Å². The highest BCUT2D eigenvalue weighted by atomic mass is 16.5. The second-order valence-corrected chi connectivity index (χ2v) is 7.77. The number of hydrogen-bond donors (Lipinski definition) is 1. The van der Waals surface area contributed by atoms with Crippen molar-refractivity contribution in [1.82, 2.24) is 4.90 Å². The van der Waals surface area contributed by atoms with E-state index in [0.29, 0.717) is 12.3 Å². The van der Waals surface area contributed by atoms with Crippen LogP contribution in [0.15, 0.2) is 83.5 Å². The first kappa shape index (κ1) is 23.3. The molecule has 0 fully saturated rings. The number of carboxylic acid groups (broad SMARTS) is 1. The van der Waals surface area contributed by atoms with Gasteiger partial charge in [-0.1, -0.05) is 60.7 Å². The Morgan fingerprint density at radius 3 is 2.22 bits per heavy atom. The molecule has 0 aliphatic carbocycles. The first-order chi connectivity index (χ1) is 15.5. The van der Waals surface area contributed by atoms with Gasteiger partial charge in [0.05, 0.1) is 25.3 Å². The first-order valence-corrected chi connectivity index (χ1v) is 10.7. The third kappa shape index (κ3) is 5.86. The lowest BCUT2D eigenvalue weighted by Crippen LogP contribution is -2.39. The van der Waals surface area contributed by atoms with E-state index in [1.807, 2.05) is 66.7 Å². The van der Waals surface area contributed by atoms with Gasteiger partial charge in [0.1, 0.15) is 5.76 Å². The molecular weight excluding hydrogens is 406 g/mol. The van der Waals surface area contributed by atoms with E-state index in [9.17, 15) is 14.7 Å². The van der Waals surface area contributed by atoms with Crippen LogP contribution in [0, 0.1) is 5.92 Å². The molecule has 0 bridgehead atoms. The third-order valence-electron chi connectivity index (χ3n) is 5.73. The zero-order chi connectivity index (χ0) is 22.9. The summed E-state index contributed by atoms with van der Waals surface area (Å²) >= 11 is 0. The van der Waals surface area contributed by atoms with E-state index >= 15 is 0 Å². The Morgan fingerprint density at radius 2 is 1.66 bits per heavy atom. The number of carbonyl (C=O) groups excluding carboxylic acids is 1. The Morgan fingerprint density at radius 1 is 1.00 bits per heavy atom. The number of nitrogens with zero attached hydrogens (tertiary/aromatic N) is 1. The molecule has 1 N–H and O–H groups in total. The Balaban J connectivity index is 2.09. The van der Waals surface area contributed by atoms with E-state index in [4.69, 9.17) is 9.15 Å². The van der Waals surface area contributed by atoms with Gasteiger partial charge >= 0.3 is 11.9 Å². The summed E-state index contributed by atoms with van der Waals surface area (Å²) in [6.45, 7) is 2.63. The van der Waals surface area contributed by atoms with Gasteiger partial charge in [-0.2, -0.15) is 0 Å². The minimum atomic E-state index is -0.956. The van der Waals surface area contributed by atoms with Crippen molar-refractivity contribution in [1.29, 1.82) is 0 Å². The predicted molar refractivity (Wildman–Crippen MR) is 121 cm³/mol. The number of ether oxygens (including phenoxy) is 1. The van der Waals surface area contributed by atoms with Crippen molar-refractivity contribution in [2.75, 3.05) is 7.11 Å². The van der Waals surface area contributed by atoms with Gasteiger partial charge < -0.3 is 14.3 Å². The number of benzene rings is 2. The minimum Gasteiger partial charge on any atom is -0.481 e. The number of furan rings is 1. The van der Waals surface area contributed by atoms with Gasteiger partial charge in [0, 0.05) is 19.0 Å². The molecule has 6 heteroatoms. The highest BCUT2D eigenvalue weighted by Crippen LogP contribution is 2.39. The number of hydrogen-bond acceptors (Lipinski definition) is 5. The smallest absolute Gasteiger partial charge is 0.310 e. The number of rotatable bonds is 11. The van der Waals surface area contributed by atoms with E-state index in [2.05, 4.69) is 11.8 Å². The molecule has 32 heavy (non-hydrogen) atoms. The molecule has 0 saturated heterocycles. The summed E-state index contributed by atoms with van der Waals surface area (Å²) in [7, 11) is 1.33. The van der Waals surface area contributed by atoms with Crippen molar-refractivity contribution in [2.24, 2.45) is 5.92 Å². The fourth-order valence-electron chi connectivity index (χ4n) is 4.08. The lowest BCUT2D eigenvalue weighted by atomic mass is 9.89. The summed E-state index contributed by atoms with van der Waals surface area (Å²) in [5, 5.41) is 9.30. The van der Waals surface area contributed by atoms with Crippen LogP contribution in [-0.2, 0) is 20.9 Å². The Bertz CT molecular complexity index is 972. The van der Waals surface area contributed by atoms with Crippen molar-refractivity contribution < 1.29 is 23.8 Å². The second kappa shape index (κ2) is 11.3. The summed E-state index contributed by atoms with van der Waals surface area (Å²) < 4.78 is 10.9. The van der Waals surface area contributed by atoms with Gasteiger partial charge in [0.25, 0.3) is 0 Å². The number of carbonyl (C=O) groups is 2. The van der Waals surface area contributed by atoms with Gasteiger partial charge in [-0.25, -0.2) is 0 Å². The number of methoxy groups -OCH3 is 1. The van der Waals surface area contributed by atoms with Crippen molar-refractivity contribution in [3.63, 3.8) is 0 Å². The lowest BCUT2D eigenvalue weighted by Gasteiger charge is -2.39. The van der Waals surface area contributed by atoms with Crippen LogP contribution in [-0.4, -0.2) is 29.1 Å². The number of esters is 1. The topological polar surface area (TPSA) is 80.0 Å². The Hall–Kier alpha value is -3.38. The standard InChI is InChI=1S/C26H29NO5/c1-19(21-12-7-4-8-13-21)27(18-20-10-5-3-6-11-20)25(23-14-9-17-32-23)22(26(30)31-2)15-16-24(28)29/h3-14,17,19,22,25H,15-16,18H2,1-2H3,(H,28,29)/t19-,22+,25+/m1/s1. The second-order valence-electron chi connectivity index (χ2n) is 7.77. The van der Waals surface area contributed by atoms with Gasteiger partial charge in [-0.3, -0.25) is 14.5 Å². The molecule has 1 aromatic heterocycles. The highest BCUT2D eigenvalue weighted by molar-refractivity contribution is 5.75. The lowest BCUT2D eigenvalue weighted by molar-refractivity contribution is -0.150. The molecule has 168 valence electrons. The summed E-state index contributed by atoms with van der Waals surface area (Å²) in [6, 6.07) is 23.0. The fraction of sp³-hybridized carbons (Fsp3) is 0.308. The molecule has 3 atom stereocenters. The summed E-state index contributed by atoms with van der Waals surface area (Å²) in [5.41, 5.74) is 2.16. The predicted octanol–water partition coefficient (Wildman–Crippen LogP) is 5.24. The highest BCUT2D eigenvalue weighted by Gasteiger charge is 2.39. The van der Waals surface area contributed by atoms with Crippen molar-refractivity contribution >= 4 is 11.9 Å². The van der Waals surface area contributed by atoms with E-state index < -0.39 is 23.9 Å². The average Bonchev–Trinajstić information content (AvgIpc) is 3.35. The third-order valence-corrected chi connectivity index (χ3v) is 5.73. The van der Waals surface area contributed by atoms with Crippen LogP contribution in [0.3, 0.4) is 0 Å². The molecule has 6 nitrogen and oxygen atoms in total. The molecular formula is C26H29NO5. The molecule has 0 aliphatic heterocycles. The molecule has 2 aromatic carbocycles. The quantitative estimate of drug-likeness (QED) is 0.415. The van der Waals surface area contributed by atoms with E-state index in [1.165, 1.54) is 7.11 Å². The SMILES string of the molecule is COC(=O)[C@@H](CCC(=O)O)[C@@H](c1ccco1)N(Cc1ccccc1)[C@H](C)c1ccccc1. The fourth-order valence-corrected chi connectivity index (χ4v) is 4.08. The minimum absolute atomic E-state index is 0.0801. The van der Waals surface area contributed by atoms with Crippen LogP contribution in [0.5, 0.6) is 0 Å². The zero-order valence-corrected chi connectivity index (χ0v) is 18.4. The molecule has 0 amide bonds. The Kier molecular flexibility index (Phi) is 8.22. The first-order valence-electron chi connectivity index (χ1n) is 10.7. The van der Waals surface area contributed by atoms with E-state index in [-0.39, 0.29) is 18.9 Å². The van der Waals surface area contributed by atoms with Crippen LogP contribution in [0.4, 0.5) is 0 Å². The summed E-state index contributed by atoms with van der Waals surface area (Å²) in [4.78, 5) is 26.4. The number of aliphatic carboxylic acids is 1. The molecule has 0 spiro atoms. The Labute approximate surface area is 188 Å². The average molecular weight is 436 g/mol. The van der Waals surface area contributed by atoms with Gasteiger partial charge in [0.2, 0.25) is 0 Å². The van der Waals surface area contributed by atoms with Crippen LogP contribution in [0.2, 0.25) is 0 Å². The van der Waals surface area contributed by atoms with E-state index in [0.717, 1.165) is 11.1 Å². The molecule has 0 aliphatic rings. The summed E-state index contributed by atoms with van der Waals surface area (Å²) in [5.74, 6) is -1.52. The van der Waals surface area contributed by atoms with Crippen LogP contribution in [0.1, 0.15) is 48.7 Å². The molecule has 1 heterocycles. The maximum atomic E-state index is 12.9. The molecule has 3 rings (SSSR count).